The van der Waals surface area contributed by atoms with Gasteiger partial charge < -0.3 is 20.2 Å². The first-order valence-electron chi connectivity index (χ1n) is 14.4. The molecule has 0 radical (unpaired) electrons. The van der Waals surface area contributed by atoms with Gasteiger partial charge in [0.1, 0.15) is 0 Å². The number of hydrogen-bond acceptors (Lipinski definition) is 9. The fraction of sp³-hybridized carbons (Fsp3) is 0.433. The summed E-state index contributed by atoms with van der Waals surface area (Å²) in [5.74, 6) is -2.92. The summed E-state index contributed by atoms with van der Waals surface area (Å²) in [6, 6.07) is 16.6. The van der Waals surface area contributed by atoms with Crippen molar-refractivity contribution in [3.63, 3.8) is 0 Å². The predicted octanol–water partition coefficient (Wildman–Crippen LogP) is 3.99. The van der Waals surface area contributed by atoms with Crippen molar-refractivity contribution in [3.8, 4) is 0 Å². The van der Waals surface area contributed by atoms with Crippen molar-refractivity contribution >= 4 is 39.2 Å². The molecule has 46 heavy (non-hydrogen) atoms. The second-order valence-corrected chi connectivity index (χ2v) is 13.3. The summed E-state index contributed by atoms with van der Waals surface area (Å²) in [6.07, 6.45) is -1.11. The number of likely N-dealkylation sites (N-methyl/N-ethyl adjacent to an activating group) is 1. The number of carbonyl (C=O) groups is 3. The molecule has 1 atom stereocenters. The van der Waals surface area contributed by atoms with Crippen molar-refractivity contribution in [2.45, 2.75) is 55.8 Å². The lowest BCUT2D eigenvalue weighted by Gasteiger charge is -2.38. The van der Waals surface area contributed by atoms with Crippen molar-refractivity contribution in [1.82, 2.24) is 24.7 Å². The molecule has 250 valence electrons. The third-order valence-electron chi connectivity index (χ3n) is 7.44. The van der Waals surface area contributed by atoms with Crippen LogP contribution in [0, 0.1) is 0 Å². The first-order valence-corrected chi connectivity index (χ1v) is 17.2. The summed E-state index contributed by atoms with van der Waals surface area (Å²) in [5.41, 5.74) is 2.19. The molecule has 3 aromatic rings. The van der Waals surface area contributed by atoms with E-state index in [1.165, 1.54) is 6.26 Å². The molecule has 2 heterocycles. The molecule has 0 aliphatic carbocycles. The van der Waals surface area contributed by atoms with E-state index in [1.807, 2.05) is 42.2 Å². The largest absolute Gasteiger partial charge is 0.490 e. The normalized spacial score (nSPS) is 14.9. The summed E-state index contributed by atoms with van der Waals surface area (Å²) in [4.78, 5) is 39.3. The van der Waals surface area contributed by atoms with E-state index in [4.69, 9.17) is 9.90 Å². The third kappa shape index (κ3) is 11.2. The Kier molecular flexibility index (Phi) is 13.2. The molecule has 11 nitrogen and oxygen atoms in total. The Morgan fingerprint density at radius 1 is 1.09 bits per heavy atom. The lowest BCUT2D eigenvalue weighted by atomic mass is 9.99. The highest BCUT2D eigenvalue weighted by Crippen LogP contribution is 2.22. The number of likely N-dealkylation sites (tertiary alicyclic amines) is 1. The maximum Gasteiger partial charge on any atom is 0.490 e. The summed E-state index contributed by atoms with van der Waals surface area (Å²) in [7, 11) is -3.26. The number of nitrogens with zero attached hydrogens (tertiary/aromatic N) is 4. The van der Waals surface area contributed by atoms with Crippen LogP contribution in [0.1, 0.15) is 53.8 Å². The van der Waals surface area contributed by atoms with Crippen molar-refractivity contribution in [2.75, 3.05) is 32.4 Å². The van der Waals surface area contributed by atoms with E-state index in [0.29, 0.717) is 12.2 Å². The fourth-order valence-electron chi connectivity index (χ4n) is 5.04. The molecule has 1 saturated heterocycles. The summed E-state index contributed by atoms with van der Waals surface area (Å²) in [6.45, 7) is 5.22. The van der Waals surface area contributed by atoms with Crippen LogP contribution in [-0.2, 0) is 25.8 Å². The Labute approximate surface area is 269 Å². The van der Waals surface area contributed by atoms with Crippen LogP contribution in [0.5, 0.6) is 0 Å². The topological polar surface area (TPSA) is 150 Å². The van der Waals surface area contributed by atoms with Crippen molar-refractivity contribution in [1.29, 1.82) is 0 Å². The number of carboxylic acids is 1. The first-order chi connectivity index (χ1) is 21.7. The lowest BCUT2D eigenvalue weighted by molar-refractivity contribution is -0.192. The number of benzene rings is 2. The minimum atomic E-state index is -5.08. The van der Waals surface area contributed by atoms with Crippen LogP contribution in [0.3, 0.4) is 0 Å². The summed E-state index contributed by atoms with van der Waals surface area (Å²) >= 11 is 1.15. The second kappa shape index (κ2) is 16.6. The quantitative estimate of drug-likeness (QED) is 0.306. The maximum absolute atomic E-state index is 13.1. The van der Waals surface area contributed by atoms with E-state index in [-0.39, 0.29) is 35.2 Å². The Morgan fingerprint density at radius 2 is 1.70 bits per heavy atom. The number of halogens is 3. The number of carboxylic acid groups (broad SMARTS) is 1. The molecular weight excluding hydrogens is 647 g/mol. The van der Waals surface area contributed by atoms with Crippen LogP contribution in [0.15, 0.2) is 64.9 Å². The van der Waals surface area contributed by atoms with E-state index >= 15 is 0 Å². The van der Waals surface area contributed by atoms with Gasteiger partial charge in [0, 0.05) is 43.9 Å². The highest BCUT2D eigenvalue weighted by atomic mass is 32.2. The van der Waals surface area contributed by atoms with Gasteiger partial charge >= 0.3 is 12.1 Å². The van der Waals surface area contributed by atoms with Crippen LogP contribution in [-0.4, -0.2) is 95.3 Å². The average Bonchev–Trinajstić information content (AvgIpc) is 3.56. The molecule has 0 bridgehead atoms. The van der Waals surface area contributed by atoms with Crippen molar-refractivity contribution in [2.24, 2.45) is 0 Å². The molecule has 4 rings (SSSR count). The van der Waals surface area contributed by atoms with E-state index in [1.54, 1.807) is 29.6 Å². The molecule has 0 unspecified atom stereocenters. The Hall–Kier alpha value is -3.89. The molecular formula is C30H36F3N5O6S2. The van der Waals surface area contributed by atoms with E-state index in [2.05, 4.69) is 19.8 Å². The van der Waals surface area contributed by atoms with Gasteiger partial charge in [-0.05, 0) is 61.0 Å². The van der Waals surface area contributed by atoms with Gasteiger partial charge in [-0.2, -0.15) is 13.2 Å². The SMILES string of the molecule is CCN(C(=O)Cc1ccc(S(C)(=O)=O)cc1)C1CCN(CC[C@H](NC(=O)c2csnn2)c2ccccc2)CC1.O=C(O)C(F)(F)F. The Morgan fingerprint density at radius 3 is 2.20 bits per heavy atom. The number of nitrogens with one attached hydrogen (secondary N) is 1. The number of hydrogen-bond donors (Lipinski definition) is 2. The molecule has 2 N–H and O–H groups in total. The van der Waals surface area contributed by atoms with E-state index in [9.17, 15) is 31.2 Å². The number of piperidine rings is 1. The average molecular weight is 684 g/mol. The summed E-state index contributed by atoms with van der Waals surface area (Å²) in [5, 5.41) is 15.8. The van der Waals surface area contributed by atoms with Gasteiger partial charge in [0.25, 0.3) is 5.91 Å². The third-order valence-corrected chi connectivity index (χ3v) is 9.08. The zero-order valence-corrected chi connectivity index (χ0v) is 26.9. The van der Waals surface area contributed by atoms with E-state index in [0.717, 1.165) is 61.6 Å². The molecule has 1 aromatic heterocycles. The number of rotatable bonds is 11. The molecule has 2 amide bonds. The second-order valence-electron chi connectivity index (χ2n) is 10.7. The number of amides is 2. The van der Waals surface area contributed by atoms with Gasteiger partial charge in [-0.1, -0.05) is 47.0 Å². The van der Waals surface area contributed by atoms with Gasteiger partial charge in [0.15, 0.2) is 15.5 Å². The Balaban J connectivity index is 0.000000738. The van der Waals surface area contributed by atoms with Gasteiger partial charge in [-0.25, -0.2) is 13.2 Å². The zero-order valence-electron chi connectivity index (χ0n) is 25.3. The van der Waals surface area contributed by atoms with Gasteiger partial charge in [-0.3, -0.25) is 9.59 Å². The van der Waals surface area contributed by atoms with Crippen LogP contribution in [0.25, 0.3) is 0 Å². The number of aliphatic carboxylic acids is 1. The number of aromatic nitrogens is 2. The van der Waals surface area contributed by atoms with Crippen LogP contribution >= 0.6 is 11.5 Å². The number of sulfone groups is 1. The molecule has 2 aromatic carbocycles. The standard InChI is InChI=1S/C28H35N5O4S2.C2HF3O2/c1-3-33(27(34)19-21-9-11-24(12-10-21)39(2,36)37)23-13-16-32(17-14-23)18-15-25(22-7-5-4-6-8-22)29-28(35)26-20-38-31-30-26;3-2(4,5)1(6)7/h4-12,20,23,25H,3,13-19H2,1-2H3,(H,29,35);(H,6,7)/t25-;/m0./s1. The number of alkyl halides is 3. The smallest absolute Gasteiger partial charge is 0.475 e. The van der Waals surface area contributed by atoms with Crippen LogP contribution in [0.2, 0.25) is 0 Å². The molecule has 1 aliphatic heterocycles. The van der Waals surface area contributed by atoms with Crippen LogP contribution in [0.4, 0.5) is 13.2 Å². The first kappa shape index (κ1) is 36.6. The van der Waals surface area contributed by atoms with Gasteiger partial charge in [0.2, 0.25) is 5.91 Å². The molecule has 1 aliphatic rings. The molecule has 16 heteroatoms. The Bertz CT molecular complexity index is 1530. The monoisotopic (exact) mass is 683 g/mol. The predicted molar refractivity (Wildman–Crippen MR) is 165 cm³/mol. The maximum atomic E-state index is 13.1. The van der Waals surface area contributed by atoms with E-state index < -0.39 is 22.0 Å². The fourth-order valence-corrected chi connectivity index (χ4v) is 6.11. The van der Waals surface area contributed by atoms with Crippen LogP contribution < -0.4 is 5.32 Å². The lowest BCUT2D eigenvalue weighted by Crippen LogP contribution is -2.48. The highest BCUT2D eigenvalue weighted by Gasteiger charge is 2.38. The van der Waals surface area contributed by atoms with Crippen molar-refractivity contribution < 1.29 is 41.1 Å². The molecule has 0 spiro atoms. The number of carbonyl (C=O) groups excluding carboxylic acids is 2. The summed E-state index contributed by atoms with van der Waals surface area (Å²) < 4.78 is 58.9. The molecule has 0 saturated carbocycles. The van der Waals surface area contributed by atoms with Gasteiger partial charge in [0.05, 0.1) is 17.4 Å². The minimum Gasteiger partial charge on any atom is -0.475 e. The molecule has 1 fully saturated rings. The highest BCUT2D eigenvalue weighted by molar-refractivity contribution is 7.90. The van der Waals surface area contributed by atoms with Gasteiger partial charge in [-0.15, -0.1) is 5.10 Å². The zero-order chi connectivity index (χ0) is 33.9. The minimum absolute atomic E-state index is 0.0615. The van der Waals surface area contributed by atoms with Crippen molar-refractivity contribution in [3.05, 3.63) is 76.8 Å².